The molecule has 0 fully saturated rings. The molecule has 0 aromatic heterocycles. The first-order valence-electron chi connectivity index (χ1n) is 2.54. The normalized spacial score (nSPS) is 9.80. The highest BCUT2D eigenvalue weighted by Crippen LogP contribution is 2.25. The second-order valence-electron chi connectivity index (χ2n) is 1.83. The van der Waals surface area contributed by atoms with Crippen LogP contribution in [0.5, 0.6) is 5.75 Å². The van der Waals surface area contributed by atoms with Crippen molar-refractivity contribution in [2.45, 2.75) is 0 Å². The first kappa shape index (κ1) is 7.15. The Hall–Kier alpha value is -0.960. The third-order valence-electron chi connectivity index (χ3n) is 1.04. The molecule has 1 rings (SSSR count). The van der Waals surface area contributed by atoms with E-state index >= 15 is 0 Å². The zero-order valence-corrected chi connectivity index (χ0v) is 5.69. The fourth-order valence-electron chi connectivity index (χ4n) is 0.595. The maximum absolute atomic E-state index is 12.5. The predicted molar refractivity (Wildman–Crippen MR) is 37.5 cm³/mol. The maximum atomic E-state index is 12.5. The van der Waals surface area contributed by atoms with Gasteiger partial charge in [-0.25, -0.2) is 4.39 Å². The Morgan fingerprint density at radius 2 is 2.10 bits per heavy atom. The highest BCUT2D eigenvalue weighted by molar-refractivity contribution is 6.31. The van der Waals surface area contributed by atoms with Crippen molar-refractivity contribution in [2.24, 2.45) is 0 Å². The van der Waals surface area contributed by atoms with Crippen molar-refractivity contribution in [2.75, 3.05) is 5.73 Å². The number of nitrogen functional groups attached to an aromatic ring is 1. The summed E-state index contributed by atoms with van der Waals surface area (Å²) in [7, 11) is 0. The van der Waals surface area contributed by atoms with Crippen LogP contribution in [0.1, 0.15) is 0 Å². The van der Waals surface area contributed by atoms with Gasteiger partial charge in [0.15, 0.2) is 5.82 Å². The number of aromatic hydroxyl groups is 1. The van der Waals surface area contributed by atoms with Gasteiger partial charge in [-0.2, -0.15) is 0 Å². The summed E-state index contributed by atoms with van der Waals surface area (Å²) in [5, 5.41) is 8.62. The van der Waals surface area contributed by atoms with Gasteiger partial charge >= 0.3 is 0 Å². The summed E-state index contributed by atoms with van der Waals surface area (Å²) in [6, 6.07) is 2.19. The summed E-state index contributed by atoms with van der Waals surface area (Å²) >= 11 is 5.30. The van der Waals surface area contributed by atoms with Crippen LogP contribution in [-0.2, 0) is 0 Å². The quantitative estimate of drug-likeness (QED) is 0.570. The molecule has 0 atom stereocenters. The molecule has 0 saturated heterocycles. The molecule has 54 valence electrons. The van der Waals surface area contributed by atoms with E-state index in [9.17, 15) is 4.39 Å². The van der Waals surface area contributed by atoms with Crippen molar-refractivity contribution in [3.05, 3.63) is 23.0 Å². The summed E-state index contributed by atoms with van der Waals surface area (Å²) in [5.74, 6) is -0.830. The molecule has 1 aromatic rings. The van der Waals surface area contributed by atoms with Gasteiger partial charge in [0.05, 0.1) is 10.7 Å². The first-order chi connectivity index (χ1) is 4.61. The monoisotopic (exact) mass is 161 g/mol. The lowest BCUT2D eigenvalue weighted by molar-refractivity contribution is 0.474. The van der Waals surface area contributed by atoms with E-state index in [0.29, 0.717) is 0 Å². The first-order valence-corrected chi connectivity index (χ1v) is 2.92. The molecule has 2 nitrogen and oxygen atoms in total. The van der Waals surface area contributed by atoms with Crippen LogP contribution in [0.2, 0.25) is 5.02 Å². The van der Waals surface area contributed by atoms with Crippen LogP contribution in [0.3, 0.4) is 0 Å². The molecule has 0 unspecified atom stereocenters. The van der Waals surface area contributed by atoms with E-state index in [1.54, 1.807) is 0 Å². The van der Waals surface area contributed by atoms with Gasteiger partial charge < -0.3 is 10.8 Å². The van der Waals surface area contributed by atoms with E-state index in [1.165, 1.54) is 0 Å². The molecule has 0 bridgehead atoms. The van der Waals surface area contributed by atoms with Crippen molar-refractivity contribution in [3.63, 3.8) is 0 Å². The Balaban J connectivity index is 3.31. The number of nitrogens with two attached hydrogens (primary N) is 1. The lowest BCUT2D eigenvalue weighted by atomic mass is 10.3. The molecule has 10 heavy (non-hydrogen) atoms. The summed E-state index contributed by atoms with van der Waals surface area (Å²) < 4.78 is 12.5. The number of halogens is 2. The van der Waals surface area contributed by atoms with Gasteiger partial charge in [0, 0.05) is 12.1 Å². The van der Waals surface area contributed by atoms with Gasteiger partial charge in [0.25, 0.3) is 0 Å². The van der Waals surface area contributed by atoms with E-state index in [4.69, 9.17) is 22.4 Å². The number of anilines is 1. The lowest BCUT2D eigenvalue weighted by Crippen LogP contribution is -1.89. The van der Waals surface area contributed by atoms with E-state index in [-0.39, 0.29) is 16.5 Å². The number of phenolic OH excluding ortho intramolecular Hbond substituents is 1. The third kappa shape index (κ3) is 1.14. The van der Waals surface area contributed by atoms with Crippen molar-refractivity contribution in [1.82, 2.24) is 0 Å². The van der Waals surface area contributed by atoms with Gasteiger partial charge in [0.2, 0.25) is 0 Å². The summed E-state index contributed by atoms with van der Waals surface area (Å²) in [6.07, 6.45) is 0. The highest BCUT2D eigenvalue weighted by Gasteiger charge is 2.04. The smallest absolute Gasteiger partial charge is 0.164 e. The molecule has 0 aliphatic carbocycles. The fourth-order valence-corrected chi connectivity index (χ4v) is 0.816. The van der Waals surface area contributed by atoms with Gasteiger partial charge in [-0.3, -0.25) is 0 Å². The molecule has 0 amide bonds. The molecule has 0 aliphatic rings. The zero-order valence-electron chi connectivity index (χ0n) is 4.94. The number of hydrogen-bond acceptors (Lipinski definition) is 2. The van der Waals surface area contributed by atoms with Crippen LogP contribution >= 0.6 is 11.6 Å². The molecule has 1 aromatic carbocycles. The fraction of sp³-hybridized carbons (Fsp3) is 0. The SMILES string of the molecule is Nc1cc(O)cc(Cl)c1F. The number of rotatable bonds is 0. The van der Waals surface area contributed by atoms with E-state index in [2.05, 4.69) is 0 Å². The van der Waals surface area contributed by atoms with Crippen LogP contribution in [-0.4, -0.2) is 5.11 Å². The third-order valence-corrected chi connectivity index (χ3v) is 1.32. The Morgan fingerprint density at radius 3 is 2.60 bits per heavy atom. The van der Waals surface area contributed by atoms with Crippen LogP contribution in [0.4, 0.5) is 10.1 Å². The van der Waals surface area contributed by atoms with Crippen molar-refractivity contribution < 1.29 is 9.50 Å². The molecular formula is C6H5ClFNO. The highest BCUT2D eigenvalue weighted by atomic mass is 35.5. The molecule has 0 radical (unpaired) electrons. The molecule has 0 aliphatic heterocycles. The molecule has 0 saturated carbocycles. The van der Waals surface area contributed by atoms with Crippen molar-refractivity contribution in [3.8, 4) is 5.75 Å². The average molecular weight is 162 g/mol. The predicted octanol–water partition coefficient (Wildman–Crippen LogP) is 1.77. The van der Waals surface area contributed by atoms with Gasteiger partial charge in [-0.1, -0.05) is 11.6 Å². The molecule has 4 heteroatoms. The van der Waals surface area contributed by atoms with Crippen LogP contribution in [0, 0.1) is 5.82 Å². The topological polar surface area (TPSA) is 46.2 Å². The second-order valence-corrected chi connectivity index (χ2v) is 2.24. The largest absolute Gasteiger partial charge is 0.508 e. The second kappa shape index (κ2) is 2.34. The van der Waals surface area contributed by atoms with Crippen LogP contribution < -0.4 is 5.73 Å². The Morgan fingerprint density at radius 1 is 1.50 bits per heavy atom. The van der Waals surface area contributed by atoms with Gasteiger partial charge in [0.1, 0.15) is 5.75 Å². The van der Waals surface area contributed by atoms with E-state index in [0.717, 1.165) is 12.1 Å². The molecular weight excluding hydrogens is 157 g/mol. The summed E-state index contributed by atoms with van der Waals surface area (Å²) in [4.78, 5) is 0. The molecule has 0 spiro atoms. The van der Waals surface area contributed by atoms with Crippen LogP contribution in [0.15, 0.2) is 12.1 Å². The minimum atomic E-state index is -0.695. The Kier molecular flexibility index (Phi) is 1.68. The number of phenols is 1. The van der Waals surface area contributed by atoms with Gasteiger partial charge in [-0.05, 0) is 0 Å². The van der Waals surface area contributed by atoms with Gasteiger partial charge in [-0.15, -0.1) is 0 Å². The van der Waals surface area contributed by atoms with E-state index in [1.807, 2.05) is 0 Å². The summed E-state index contributed by atoms with van der Waals surface area (Å²) in [5.41, 5.74) is 4.95. The minimum Gasteiger partial charge on any atom is -0.508 e. The maximum Gasteiger partial charge on any atom is 0.164 e. The minimum absolute atomic E-state index is 0.135. The summed E-state index contributed by atoms with van der Waals surface area (Å²) in [6.45, 7) is 0. The number of hydrogen-bond donors (Lipinski definition) is 2. The molecule has 3 N–H and O–H groups in total. The van der Waals surface area contributed by atoms with Crippen molar-refractivity contribution in [1.29, 1.82) is 0 Å². The van der Waals surface area contributed by atoms with Crippen molar-refractivity contribution >= 4 is 17.3 Å². The zero-order chi connectivity index (χ0) is 7.72. The number of benzene rings is 1. The van der Waals surface area contributed by atoms with E-state index < -0.39 is 5.82 Å². The lowest BCUT2D eigenvalue weighted by Gasteiger charge is -1.98. The molecule has 0 heterocycles. The standard InChI is InChI=1S/C6H5ClFNO/c7-4-1-3(10)2-5(9)6(4)8/h1-2,10H,9H2. The Bertz CT molecular complexity index is 241. The van der Waals surface area contributed by atoms with Crippen LogP contribution in [0.25, 0.3) is 0 Å². The Labute approximate surface area is 62.0 Å². The average Bonchev–Trinajstić information content (AvgIpc) is 1.82.